The molecule has 2 rings (SSSR count). The second kappa shape index (κ2) is 9.44. The molecule has 1 fully saturated rings. The summed E-state index contributed by atoms with van der Waals surface area (Å²) in [4.78, 5) is 4.98. The van der Waals surface area contributed by atoms with Crippen molar-refractivity contribution in [3.8, 4) is 5.75 Å². The molecule has 4 heteroatoms. The number of nitrogens with zero attached hydrogens (tertiary/aromatic N) is 2. The molecular weight excluding hydrogens is 328 g/mol. The third kappa shape index (κ3) is 5.97. The Bertz CT molecular complexity index is 406. The Hall–Kier alpha value is -0.580. The van der Waals surface area contributed by atoms with Gasteiger partial charge in [0.1, 0.15) is 5.75 Å². The first-order chi connectivity index (χ1) is 10.3. The van der Waals surface area contributed by atoms with E-state index in [0.717, 1.165) is 30.5 Å². The van der Waals surface area contributed by atoms with Crippen molar-refractivity contribution in [1.29, 1.82) is 0 Å². The van der Waals surface area contributed by atoms with Gasteiger partial charge in [-0.3, -0.25) is 0 Å². The zero-order valence-electron chi connectivity index (χ0n) is 13.1. The maximum atomic E-state index is 5.88. The second-order valence-electron chi connectivity index (χ2n) is 5.75. The molecule has 21 heavy (non-hydrogen) atoms. The first kappa shape index (κ1) is 16.8. The maximum Gasteiger partial charge on any atom is 0.122 e. The van der Waals surface area contributed by atoms with Crippen LogP contribution in [0.25, 0.3) is 0 Å². The summed E-state index contributed by atoms with van der Waals surface area (Å²) in [5, 5.41) is 0.999. The molecule has 0 N–H and O–H groups in total. The lowest BCUT2D eigenvalue weighted by molar-refractivity contribution is 0.153. The zero-order valence-corrected chi connectivity index (χ0v) is 14.6. The first-order valence-electron chi connectivity index (χ1n) is 7.97. The van der Waals surface area contributed by atoms with Gasteiger partial charge in [0, 0.05) is 31.5 Å². The highest BCUT2D eigenvalue weighted by atomic mass is 79.9. The van der Waals surface area contributed by atoms with Gasteiger partial charge in [-0.05, 0) is 44.5 Å². The lowest BCUT2D eigenvalue weighted by atomic mass is 10.1. The number of halogens is 1. The molecule has 1 aliphatic heterocycles. The average molecular weight is 355 g/mol. The first-order valence-corrected chi connectivity index (χ1v) is 9.09. The predicted octanol–water partition coefficient (Wildman–Crippen LogP) is 3.03. The summed E-state index contributed by atoms with van der Waals surface area (Å²) < 4.78 is 5.88. The van der Waals surface area contributed by atoms with Gasteiger partial charge in [-0.25, -0.2) is 0 Å². The standard InChI is InChI=1S/C17H27BrN2O/c1-19-11-13-20(14-12-19)10-4-7-16-6-2-3-8-17(16)21-15-5-9-18/h2-3,6,8H,4-5,7,9-15H2,1H3. The summed E-state index contributed by atoms with van der Waals surface area (Å²) >= 11 is 3.44. The van der Waals surface area contributed by atoms with Gasteiger partial charge in [-0.2, -0.15) is 0 Å². The Kier molecular flexibility index (Phi) is 7.54. The number of ether oxygens (including phenoxy) is 1. The molecule has 1 saturated heterocycles. The van der Waals surface area contributed by atoms with Crippen LogP contribution in [0.2, 0.25) is 0 Å². The molecular formula is C17H27BrN2O. The van der Waals surface area contributed by atoms with Crippen LogP contribution in [0, 0.1) is 0 Å². The molecule has 0 bridgehead atoms. The van der Waals surface area contributed by atoms with Gasteiger partial charge in [0.25, 0.3) is 0 Å². The van der Waals surface area contributed by atoms with Crippen LogP contribution in [-0.4, -0.2) is 61.5 Å². The van der Waals surface area contributed by atoms with Crippen LogP contribution in [-0.2, 0) is 6.42 Å². The molecule has 1 aromatic carbocycles. The van der Waals surface area contributed by atoms with Crippen molar-refractivity contribution in [3.63, 3.8) is 0 Å². The van der Waals surface area contributed by atoms with Crippen molar-refractivity contribution in [2.24, 2.45) is 0 Å². The van der Waals surface area contributed by atoms with E-state index < -0.39 is 0 Å². The SMILES string of the molecule is CN1CCN(CCCc2ccccc2OCCCBr)CC1. The summed E-state index contributed by atoms with van der Waals surface area (Å²) in [5.74, 6) is 1.07. The Labute approximate surface area is 137 Å². The Morgan fingerprint density at radius 2 is 1.86 bits per heavy atom. The van der Waals surface area contributed by atoms with E-state index in [4.69, 9.17) is 4.74 Å². The number of hydrogen-bond acceptors (Lipinski definition) is 3. The molecule has 0 saturated carbocycles. The molecule has 0 aliphatic carbocycles. The molecule has 0 amide bonds. The minimum Gasteiger partial charge on any atom is -0.493 e. The highest BCUT2D eigenvalue weighted by molar-refractivity contribution is 9.09. The number of benzene rings is 1. The van der Waals surface area contributed by atoms with Crippen molar-refractivity contribution in [1.82, 2.24) is 9.80 Å². The highest BCUT2D eigenvalue weighted by Gasteiger charge is 2.13. The van der Waals surface area contributed by atoms with Crippen molar-refractivity contribution >= 4 is 15.9 Å². The topological polar surface area (TPSA) is 15.7 Å². The number of para-hydroxylation sites is 1. The molecule has 3 nitrogen and oxygen atoms in total. The number of piperazine rings is 1. The van der Waals surface area contributed by atoms with Gasteiger partial charge in [0.2, 0.25) is 0 Å². The van der Waals surface area contributed by atoms with Crippen molar-refractivity contribution in [2.45, 2.75) is 19.3 Å². The lowest BCUT2D eigenvalue weighted by Crippen LogP contribution is -2.44. The van der Waals surface area contributed by atoms with Crippen LogP contribution in [0.4, 0.5) is 0 Å². The van der Waals surface area contributed by atoms with E-state index in [2.05, 4.69) is 57.0 Å². The van der Waals surface area contributed by atoms with Crippen LogP contribution in [0.1, 0.15) is 18.4 Å². The van der Waals surface area contributed by atoms with Crippen molar-refractivity contribution < 1.29 is 4.74 Å². The van der Waals surface area contributed by atoms with Crippen molar-refractivity contribution in [3.05, 3.63) is 29.8 Å². The minimum atomic E-state index is 0.792. The van der Waals surface area contributed by atoms with E-state index in [1.807, 2.05) is 0 Å². The fourth-order valence-corrected chi connectivity index (χ4v) is 2.88. The van der Waals surface area contributed by atoms with E-state index in [0.29, 0.717) is 0 Å². The van der Waals surface area contributed by atoms with Gasteiger partial charge < -0.3 is 14.5 Å². The monoisotopic (exact) mass is 354 g/mol. The zero-order chi connectivity index (χ0) is 14.9. The summed E-state index contributed by atoms with van der Waals surface area (Å²) in [7, 11) is 2.21. The van der Waals surface area contributed by atoms with E-state index in [1.54, 1.807) is 0 Å². The molecule has 0 unspecified atom stereocenters. The van der Waals surface area contributed by atoms with Crippen LogP contribution < -0.4 is 4.74 Å². The largest absolute Gasteiger partial charge is 0.493 e. The van der Waals surface area contributed by atoms with E-state index >= 15 is 0 Å². The Balaban J connectivity index is 1.74. The molecule has 118 valence electrons. The third-order valence-electron chi connectivity index (χ3n) is 4.02. The second-order valence-corrected chi connectivity index (χ2v) is 6.54. The quantitative estimate of drug-likeness (QED) is 0.527. The smallest absolute Gasteiger partial charge is 0.122 e. The number of aryl methyl sites for hydroxylation is 1. The average Bonchev–Trinajstić information content (AvgIpc) is 2.51. The summed E-state index contributed by atoms with van der Waals surface area (Å²) in [6.45, 7) is 6.81. The predicted molar refractivity (Wildman–Crippen MR) is 92.6 cm³/mol. The summed E-state index contributed by atoms with van der Waals surface area (Å²) in [6.07, 6.45) is 3.37. The van der Waals surface area contributed by atoms with Gasteiger partial charge in [0.05, 0.1) is 6.61 Å². The molecule has 0 atom stereocenters. The van der Waals surface area contributed by atoms with E-state index in [1.165, 1.54) is 44.7 Å². The Morgan fingerprint density at radius 1 is 1.10 bits per heavy atom. The van der Waals surface area contributed by atoms with Gasteiger partial charge in [0.15, 0.2) is 0 Å². The molecule has 1 aliphatic rings. The number of alkyl halides is 1. The Morgan fingerprint density at radius 3 is 2.62 bits per heavy atom. The van der Waals surface area contributed by atoms with Crippen LogP contribution in [0.5, 0.6) is 5.75 Å². The van der Waals surface area contributed by atoms with Crippen LogP contribution >= 0.6 is 15.9 Å². The lowest BCUT2D eigenvalue weighted by Gasteiger charge is -2.32. The normalized spacial score (nSPS) is 17.0. The van der Waals surface area contributed by atoms with Gasteiger partial charge in [-0.1, -0.05) is 34.1 Å². The molecule has 0 spiro atoms. The van der Waals surface area contributed by atoms with Crippen molar-refractivity contribution in [2.75, 3.05) is 51.7 Å². The maximum absolute atomic E-state index is 5.88. The molecule has 1 aromatic rings. The highest BCUT2D eigenvalue weighted by Crippen LogP contribution is 2.20. The van der Waals surface area contributed by atoms with Crippen LogP contribution in [0.15, 0.2) is 24.3 Å². The molecule has 0 radical (unpaired) electrons. The van der Waals surface area contributed by atoms with Crippen LogP contribution in [0.3, 0.4) is 0 Å². The third-order valence-corrected chi connectivity index (χ3v) is 4.59. The molecule has 0 aromatic heterocycles. The van der Waals surface area contributed by atoms with E-state index in [9.17, 15) is 0 Å². The summed E-state index contributed by atoms with van der Waals surface area (Å²) in [6, 6.07) is 8.48. The fraction of sp³-hybridized carbons (Fsp3) is 0.647. The van der Waals surface area contributed by atoms with Gasteiger partial charge >= 0.3 is 0 Å². The van der Waals surface area contributed by atoms with E-state index in [-0.39, 0.29) is 0 Å². The number of hydrogen-bond donors (Lipinski definition) is 0. The minimum absolute atomic E-state index is 0.792. The number of likely N-dealkylation sites (N-methyl/N-ethyl adjacent to an activating group) is 1. The van der Waals surface area contributed by atoms with Gasteiger partial charge in [-0.15, -0.1) is 0 Å². The summed E-state index contributed by atoms with van der Waals surface area (Å²) in [5.41, 5.74) is 1.35. The number of rotatable bonds is 8. The molecule has 1 heterocycles. The fourth-order valence-electron chi connectivity index (χ4n) is 2.65.